The van der Waals surface area contributed by atoms with Gasteiger partial charge < -0.3 is 20.6 Å². The summed E-state index contributed by atoms with van der Waals surface area (Å²) in [6, 6.07) is -0.00463. The molecular formula is C9H19N3O2. The second kappa shape index (κ2) is 5.17. The summed E-state index contributed by atoms with van der Waals surface area (Å²) in [6.45, 7) is 2.59. The highest BCUT2D eigenvalue weighted by atomic mass is 16.3. The fourth-order valence-corrected chi connectivity index (χ4v) is 1.69. The molecule has 5 heteroatoms. The van der Waals surface area contributed by atoms with Gasteiger partial charge in [0.15, 0.2) is 0 Å². The van der Waals surface area contributed by atoms with E-state index in [-0.39, 0.29) is 12.6 Å². The molecule has 0 spiro atoms. The molecule has 1 aliphatic rings. The van der Waals surface area contributed by atoms with E-state index in [0.29, 0.717) is 19.0 Å². The van der Waals surface area contributed by atoms with Crippen LogP contribution in [-0.2, 0) is 0 Å². The summed E-state index contributed by atoms with van der Waals surface area (Å²) in [5, 5.41) is 8.69. The zero-order chi connectivity index (χ0) is 10.6. The van der Waals surface area contributed by atoms with Crippen LogP contribution in [0, 0.1) is 5.92 Å². The van der Waals surface area contributed by atoms with Gasteiger partial charge in [-0.25, -0.2) is 4.79 Å². The maximum absolute atomic E-state index is 11.7. The lowest BCUT2D eigenvalue weighted by atomic mass is 10.1. The number of hydrogen-bond donors (Lipinski definition) is 2. The lowest BCUT2D eigenvalue weighted by molar-refractivity contribution is 0.158. The van der Waals surface area contributed by atoms with Gasteiger partial charge >= 0.3 is 6.03 Å². The minimum atomic E-state index is -0.00463. The molecule has 1 heterocycles. The minimum Gasteiger partial charge on any atom is -0.395 e. The molecule has 0 aromatic heterocycles. The molecule has 82 valence electrons. The van der Waals surface area contributed by atoms with Crippen molar-refractivity contribution in [1.82, 2.24) is 9.80 Å². The molecule has 0 aromatic carbocycles. The Morgan fingerprint density at radius 2 is 2.43 bits per heavy atom. The number of likely N-dealkylation sites (tertiary alicyclic amines) is 1. The zero-order valence-corrected chi connectivity index (χ0v) is 8.65. The highest BCUT2D eigenvalue weighted by Crippen LogP contribution is 2.15. The first-order valence-corrected chi connectivity index (χ1v) is 5.00. The molecule has 5 nitrogen and oxygen atoms in total. The summed E-state index contributed by atoms with van der Waals surface area (Å²) in [7, 11) is 1.70. The summed E-state index contributed by atoms with van der Waals surface area (Å²) in [4.78, 5) is 15.0. The van der Waals surface area contributed by atoms with E-state index in [1.165, 1.54) is 0 Å². The average molecular weight is 201 g/mol. The lowest BCUT2D eigenvalue weighted by Gasteiger charge is -2.23. The summed E-state index contributed by atoms with van der Waals surface area (Å²) in [5.41, 5.74) is 5.54. The Balaban J connectivity index is 2.38. The Hall–Kier alpha value is -0.810. The Bertz CT molecular complexity index is 198. The summed E-state index contributed by atoms with van der Waals surface area (Å²) in [5.74, 6) is 0.446. The molecule has 0 bridgehead atoms. The number of hydrogen-bond acceptors (Lipinski definition) is 3. The monoisotopic (exact) mass is 201 g/mol. The fourth-order valence-electron chi connectivity index (χ4n) is 1.69. The van der Waals surface area contributed by atoms with Gasteiger partial charge in [-0.2, -0.15) is 0 Å². The molecule has 1 fully saturated rings. The first kappa shape index (κ1) is 11.3. The largest absolute Gasteiger partial charge is 0.395 e. The molecule has 0 radical (unpaired) electrons. The highest BCUT2D eigenvalue weighted by molar-refractivity contribution is 5.74. The van der Waals surface area contributed by atoms with Crippen molar-refractivity contribution in [3.8, 4) is 0 Å². The predicted molar refractivity (Wildman–Crippen MR) is 53.8 cm³/mol. The molecular weight excluding hydrogens is 182 g/mol. The van der Waals surface area contributed by atoms with Crippen LogP contribution in [0.5, 0.6) is 0 Å². The number of nitrogens with zero attached hydrogens (tertiary/aromatic N) is 2. The van der Waals surface area contributed by atoms with Crippen molar-refractivity contribution in [2.24, 2.45) is 11.7 Å². The van der Waals surface area contributed by atoms with E-state index < -0.39 is 0 Å². The third kappa shape index (κ3) is 2.59. The van der Waals surface area contributed by atoms with Crippen molar-refractivity contribution < 1.29 is 9.90 Å². The predicted octanol–water partition coefficient (Wildman–Crippen LogP) is -0.689. The third-order valence-electron chi connectivity index (χ3n) is 2.65. The van der Waals surface area contributed by atoms with E-state index in [9.17, 15) is 4.79 Å². The Morgan fingerprint density at radius 1 is 1.71 bits per heavy atom. The van der Waals surface area contributed by atoms with Crippen molar-refractivity contribution >= 4 is 6.03 Å². The number of aliphatic hydroxyl groups is 1. The molecule has 1 unspecified atom stereocenters. The van der Waals surface area contributed by atoms with Crippen LogP contribution in [0.25, 0.3) is 0 Å². The Morgan fingerprint density at radius 3 is 2.93 bits per heavy atom. The number of carbonyl (C=O) groups is 1. The molecule has 1 atom stereocenters. The van der Waals surface area contributed by atoms with Crippen LogP contribution in [0.2, 0.25) is 0 Å². The smallest absolute Gasteiger partial charge is 0.319 e. The van der Waals surface area contributed by atoms with E-state index in [0.717, 1.165) is 19.5 Å². The van der Waals surface area contributed by atoms with Gasteiger partial charge in [-0.3, -0.25) is 0 Å². The summed E-state index contributed by atoms with van der Waals surface area (Å²) < 4.78 is 0. The van der Waals surface area contributed by atoms with Crippen molar-refractivity contribution in [1.29, 1.82) is 0 Å². The van der Waals surface area contributed by atoms with Crippen LogP contribution in [-0.4, -0.2) is 60.8 Å². The molecule has 1 aliphatic heterocycles. The summed E-state index contributed by atoms with van der Waals surface area (Å²) in [6.07, 6.45) is 0.995. The molecule has 0 aliphatic carbocycles. The Labute approximate surface area is 84.5 Å². The van der Waals surface area contributed by atoms with Crippen LogP contribution in [0.1, 0.15) is 6.42 Å². The number of aliphatic hydroxyl groups excluding tert-OH is 1. The van der Waals surface area contributed by atoms with Gasteiger partial charge in [0.25, 0.3) is 0 Å². The van der Waals surface area contributed by atoms with Crippen LogP contribution in [0.15, 0.2) is 0 Å². The van der Waals surface area contributed by atoms with E-state index in [1.54, 1.807) is 16.8 Å². The lowest BCUT2D eigenvalue weighted by Crippen LogP contribution is -2.41. The van der Waals surface area contributed by atoms with Gasteiger partial charge in [-0.05, 0) is 18.9 Å². The number of nitrogens with two attached hydrogens (primary N) is 1. The average Bonchev–Trinajstić information content (AvgIpc) is 2.65. The van der Waals surface area contributed by atoms with Crippen LogP contribution < -0.4 is 5.73 Å². The normalized spacial score (nSPS) is 21.4. The van der Waals surface area contributed by atoms with Crippen molar-refractivity contribution in [2.45, 2.75) is 6.42 Å². The minimum absolute atomic E-state index is 0.00463. The van der Waals surface area contributed by atoms with Gasteiger partial charge in [0, 0.05) is 26.7 Å². The van der Waals surface area contributed by atoms with E-state index in [1.807, 2.05) is 0 Å². The third-order valence-corrected chi connectivity index (χ3v) is 2.65. The molecule has 1 saturated heterocycles. The van der Waals surface area contributed by atoms with Crippen molar-refractivity contribution in [3.63, 3.8) is 0 Å². The first-order chi connectivity index (χ1) is 6.69. The van der Waals surface area contributed by atoms with Gasteiger partial charge in [0.05, 0.1) is 6.61 Å². The van der Waals surface area contributed by atoms with Crippen molar-refractivity contribution in [3.05, 3.63) is 0 Å². The maximum Gasteiger partial charge on any atom is 0.319 e. The Kier molecular flexibility index (Phi) is 4.16. The number of amides is 2. The van der Waals surface area contributed by atoms with Crippen molar-refractivity contribution in [2.75, 3.05) is 39.8 Å². The summed E-state index contributed by atoms with van der Waals surface area (Å²) >= 11 is 0. The highest BCUT2D eigenvalue weighted by Gasteiger charge is 2.26. The number of urea groups is 1. The molecule has 0 aromatic rings. The number of likely N-dealkylation sites (N-methyl/N-ethyl adjacent to an activating group) is 1. The van der Waals surface area contributed by atoms with E-state index in [2.05, 4.69) is 0 Å². The number of carbonyl (C=O) groups excluding carboxylic acids is 1. The molecule has 14 heavy (non-hydrogen) atoms. The number of rotatable bonds is 3. The van der Waals surface area contributed by atoms with Crippen LogP contribution in [0.3, 0.4) is 0 Å². The van der Waals surface area contributed by atoms with Gasteiger partial charge in [-0.1, -0.05) is 0 Å². The SMILES string of the molecule is CN(CCO)C(=O)N1CCC(CN)C1. The second-order valence-corrected chi connectivity index (χ2v) is 3.76. The van der Waals surface area contributed by atoms with Crippen LogP contribution in [0.4, 0.5) is 4.79 Å². The molecule has 2 amide bonds. The standard InChI is InChI=1S/C9H19N3O2/c1-11(4-5-13)9(14)12-3-2-8(6-10)7-12/h8,13H,2-7,10H2,1H3. The maximum atomic E-state index is 11.7. The topological polar surface area (TPSA) is 69.8 Å². The molecule has 3 N–H and O–H groups in total. The van der Waals surface area contributed by atoms with Gasteiger partial charge in [0.2, 0.25) is 0 Å². The molecule has 0 saturated carbocycles. The quantitative estimate of drug-likeness (QED) is 0.635. The van der Waals surface area contributed by atoms with E-state index >= 15 is 0 Å². The van der Waals surface area contributed by atoms with Gasteiger partial charge in [-0.15, -0.1) is 0 Å². The van der Waals surface area contributed by atoms with E-state index in [4.69, 9.17) is 10.8 Å². The zero-order valence-electron chi connectivity index (χ0n) is 8.65. The molecule has 1 rings (SSSR count). The fraction of sp³-hybridized carbons (Fsp3) is 0.889. The second-order valence-electron chi connectivity index (χ2n) is 3.76. The van der Waals surface area contributed by atoms with Gasteiger partial charge in [0.1, 0.15) is 0 Å². The van der Waals surface area contributed by atoms with Crippen LogP contribution >= 0.6 is 0 Å². The first-order valence-electron chi connectivity index (χ1n) is 5.00.